The average molecular weight is 253 g/mol. The lowest BCUT2D eigenvalue weighted by atomic mass is 10.2. The minimum Gasteiger partial charge on any atom is -0.392 e. The van der Waals surface area contributed by atoms with Crippen molar-refractivity contribution >= 4 is 5.82 Å². The highest BCUT2D eigenvalue weighted by atomic mass is 19.1. The fourth-order valence-electron chi connectivity index (χ4n) is 2.26. The van der Waals surface area contributed by atoms with Crippen LogP contribution in [0.25, 0.3) is 0 Å². The molecule has 5 heteroatoms. The Kier molecular flexibility index (Phi) is 4.49. The zero-order chi connectivity index (χ0) is 13.0. The normalized spacial score (nSPS) is 16.2. The molecule has 0 unspecified atom stereocenters. The number of likely N-dealkylation sites (N-methyl/N-ethyl adjacent to an activating group) is 1. The molecule has 0 spiro atoms. The van der Waals surface area contributed by atoms with Gasteiger partial charge in [0.15, 0.2) is 11.6 Å². The number of pyridine rings is 1. The molecule has 0 atom stereocenters. The van der Waals surface area contributed by atoms with Crippen LogP contribution in [0.4, 0.5) is 10.2 Å². The van der Waals surface area contributed by atoms with Crippen molar-refractivity contribution < 1.29 is 9.50 Å². The number of halogens is 1. The van der Waals surface area contributed by atoms with Gasteiger partial charge >= 0.3 is 0 Å². The Bertz CT molecular complexity index is 394. The van der Waals surface area contributed by atoms with Gasteiger partial charge in [-0.15, -0.1) is 0 Å². The minimum absolute atomic E-state index is 0.290. The van der Waals surface area contributed by atoms with E-state index < -0.39 is 5.82 Å². The van der Waals surface area contributed by atoms with E-state index in [0.29, 0.717) is 11.4 Å². The van der Waals surface area contributed by atoms with Crippen molar-refractivity contribution in [1.29, 1.82) is 0 Å². The second-order valence-electron chi connectivity index (χ2n) is 4.74. The van der Waals surface area contributed by atoms with Crippen LogP contribution in [0.15, 0.2) is 12.3 Å². The summed E-state index contributed by atoms with van der Waals surface area (Å²) in [5.41, 5.74) is 0.299. The third kappa shape index (κ3) is 2.97. The minimum atomic E-state index is -0.413. The van der Waals surface area contributed by atoms with Gasteiger partial charge in [-0.3, -0.25) is 0 Å². The van der Waals surface area contributed by atoms with Gasteiger partial charge in [0.25, 0.3) is 0 Å². The molecule has 2 rings (SSSR count). The second-order valence-corrected chi connectivity index (χ2v) is 4.74. The highest BCUT2D eigenvalue weighted by Gasteiger charge is 2.15. The number of hydrogen-bond donors (Lipinski definition) is 1. The number of aromatic nitrogens is 1. The van der Waals surface area contributed by atoms with E-state index in [9.17, 15) is 4.39 Å². The fraction of sp³-hybridized carbons (Fsp3) is 0.615. The lowest BCUT2D eigenvalue weighted by Gasteiger charge is -2.23. The third-order valence-corrected chi connectivity index (χ3v) is 3.43. The molecule has 4 nitrogen and oxygen atoms in total. The van der Waals surface area contributed by atoms with Crippen LogP contribution in [0.3, 0.4) is 0 Å². The third-order valence-electron chi connectivity index (χ3n) is 3.43. The summed E-state index contributed by atoms with van der Waals surface area (Å²) in [6.07, 6.45) is 4.06. The average Bonchev–Trinajstić information content (AvgIpc) is 2.89. The van der Waals surface area contributed by atoms with Crippen molar-refractivity contribution in [2.24, 2.45) is 0 Å². The van der Waals surface area contributed by atoms with Crippen molar-refractivity contribution in [1.82, 2.24) is 9.88 Å². The Morgan fingerprint density at radius 1 is 1.44 bits per heavy atom. The van der Waals surface area contributed by atoms with Crippen LogP contribution in [-0.4, -0.2) is 48.2 Å². The first-order chi connectivity index (χ1) is 8.72. The molecule has 0 saturated carbocycles. The molecule has 1 aliphatic heterocycles. The second kappa shape index (κ2) is 6.11. The fourth-order valence-corrected chi connectivity index (χ4v) is 2.26. The Balaban J connectivity index is 1.97. The van der Waals surface area contributed by atoms with Crippen LogP contribution in [-0.2, 0) is 6.61 Å². The summed E-state index contributed by atoms with van der Waals surface area (Å²) in [5, 5.41) is 9.03. The summed E-state index contributed by atoms with van der Waals surface area (Å²) in [6.45, 7) is 3.67. The van der Waals surface area contributed by atoms with Crippen molar-refractivity contribution in [3.05, 3.63) is 23.6 Å². The number of aliphatic hydroxyl groups is 1. The zero-order valence-electron chi connectivity index (χ0n) is 10.8. The summed E-state index contributed by atoms with van der Waals surface area (Å²) in [5.74, 6) is -0.0929. The maximum absolute atomic E-state index is 13.9. The monoisotopic (exact) mass is 253 g/mol. The summed E-state index contributed by atoms with van der Waals surface area (Å²) in [7, 11) is 1.84. The summed E-state index contributed by atoms with van der Waals surface area (Å²) in [6, 6.07) is 1.51. The van der Waals surface area contributed by atoms with E-state index in [1.165, 1.54) is 25.1 Å². The van der Waals surface area contributed by atoms with Crippen LogP contribution >= 0.6 is 0 Å². The smallest absolute Gasteiger partial charge is 0.171 e. The maximum atomic E-state index is 13.9. The topological polar surface area (TPSA) is 39.6 Å². The molecule has 18 heavy (non-hydrogen) atoms. The van der Waals surface area contributed by atoms with Crippen LogP contribution in [0.5, 0.6) is 0 Å². The summed E-state index contributed by atoms with van der Waals surface area (Å²) < 4.78 is 13.9. The predicted octanol–water partition coefficient (Wildman–Crippen LogP) is 1.24. The van der Waals surface area contributed by atoms with Crippen LogP contribution in [0, 0.1) is 5.82 Å². The first kappa shape index (κ1) is 13.2. The van der Waals surface area contributed by atoms with E-state index in [-0.39, 0.29) is 6.61 Å². The molecule has 1 saturated heterocycles. The van der Waals surface area contributed by atoms with Gasteiger partial charge in [0, 0.05) is 31.9 Å². The van der Waals surface area contributed by atoms with E-state index >= 15 is 0 Å². The Morgan fingerprint density at radius 2 is 2.17 bits per heavy atom. The summed E-state index contributed by atoms with van der Waals surface area (Å²) >= 11 is 0. The Morgan fingerprint density at radius 3 is 2.83 bits per heavy atom. The number of likely N-dealkylation sites (tertiary alicyclic amines) is 1. The number of anilines is 1. The van der Waals surface area contributed by atoms with Crippen LogP contribution in [0.2, 0.25) is 0 Å². The van der Waals surface area contributed by atoms with Gasteiger partial charge in [-0.25, -0.2) is 9.37 Å². The standard InChI is InChI=1S/C13H20FN3O/c1-16(8-9-17-6-2-3-7-17)13-12(14)11(10-18)4-5-15-13/h4-5,18H,2-3,6-10H2,1H3. The lowest BCUT2D eigenvalue weighted by molar-refractivity contribution is 0.275. The van der Waals surface area contributed by atoms with Crippen molar-refractivity contribution in [3.8, 4) is 0 Å². The van der Waals surface area contributed by atoms with E-state index in [4.69, 9.17) is 5.11 Å². The molecule has 0 aliphatic carbocycles. The van der Waals surface area contributed by atoms with Gasteiger partial charge in [-0.1, -0.05) is 0 Å². The van der Waals surface area contributed by atoms with Gasteiger partial charge in [-0.2, -0.15) is 0 Å². The molecule has 0 bridgehead atoms. The van der Waals surface area contributed by atoms with Gasteiger partial charge in [0.05, 0.1) is 6.61 Å². The van der Waals surface area contributed by atoms with Gasteiger partial charge in [0.1, 0.15) is 0 Å². The molecule has 1 aromatic rings. The molecule has 1 aliphatic rings. The van der Waals surface area contributed by atoms with Gasteiger partial charge in [0.2, 0.25) is 0 Å². The molecule has 0 radical (unpaired) electrons. The van der Waals surface area contributed by atoms with Crippen molar-refractivity contribution in [3.63, 3.8) is 0 Å². The quantitative estimate of drug-likeness (QED) is 0.857. The first-order valence-electron chi connectivity index (χ1n) is 6.40. The van der Waals surface area contributed by atoms with E-state index in [2.05, 4.69) is 9.88 Å². The van der Waals surface area contributed by atoms with E-state index in [0.717, 1.165) is 26.2 Å². The predicted molar refractivity (Wildman–Crippen MR) is 69.1 cm³/mol. The van der Waals surface area contributed by atoms with Crippen LogP contribution < -0.4 is 4.90 Å². The lowest BCUT2D eigenvalue weighted by Crippen LogP contribution is -2.32. The van der Waals surface area contributed by atoms with Gasteiger partial charge in [-0.05, 0) is 32.0 Å². The number of aliphatic hydroxyl groups excluding tert-OH is 1. The largest absolute Gasteiger partial charge is 0.392 e. The Labute approximate surface area is 107 Å². The SMILES string of the molecule is CN(CCN1CCCC1)c1nccc(CO)c1F. The van der Waals surface area contributed by atoms with E-state index in [1.54, 1.807) is 0 Å². The molecular formula is C13H20FN3O. The molecule has 100 valence electrons. The molecular weight excluding hydrogens is 233 g/mol. The van der Waals surface area contributed by atoms with Crippen molar-refractivity contribution in [2.45, 2.75) is 19.4 Å². The molecule has 1 aromatic heterocycles. The van der Waals surface area contributed by atoms with E-state index in [1.807, 2.05) is 11.9 Å². The number of rotatable bonds is 5. The molecule has 1 fully saturated rings. The number of nitrogens with zero attached hydrogens (tertiary/aromatic N) is 3. The molecule has 0 amide bonds. The van der Waals surface area contributed by atoms with Crippen LogP contribution in [0.1, 0.15) is 18.4 Å². The summed E-state index contributed by atoms with van der Waals surface area (Å²) in [4.78, 5) is 8.24. The number of hydrogen-bond acceptors (Lipinski definition) is 4. The first-order valence-corrected chi connectivity index (χ1v) is 6.40. The molecule has 1 N–H and O–H groups in total. The van der Waals surface area contributed by atoms with Gasteiger partial charge < -0.3 is 14.9 Å². The Hall–Kier alpha value is -1.20. The van der Waals surface area contributed by atoms with Crippen molar-refractivity contribution in [2.75, 3.05) is 38.1 Å². The maximum Gasteiger partial charge on any atom is 0.171 e. The molecule has 2 heterocycles. The zero-order valence-corrected chi connectivity index (χ0v) is 10.8. The highest BCUT2D eigenvalue weighted by Crippen LogP contribution is 2.18. The molecule has 0 aromatic carbocycles. The highest BCUT2D eigenvalue weighted by molar-refractivity contribution is 5.42.